The van der Waals surface area contributed by atoms with E-state index in [-0.39, 0.29) is 15.7 Å². The van der Waals surface area contributed by atoms with E-state index in [1.807, 2.05) is 31.2 Å². The van der Waals surface area contributed by atoms with Gasteiger partial charge < -0.3 is 4.43 Å². The van der Waals surface area contributed by atoms with E-state index in [0.717, 1.165) is 16.3 Å². The van der Waals surface area contributed by atoms with Crippen molar-refractivity contribution in [3.05, 3.63) is 42.0 Å². The standard InChI is InChI=1S/C11H12O2Si/c1-8-6-4-5-7-11(8)9(2)14-13-10(3)12/h4-7H,2H2,1,3H3. The van der Waals surface area contributed by atoms with Crippen molar-refractivity contribution in [2.24, 2.45) is 0 Å². The maximum Gasteiger partial charge on any atom is 0.355 e. The average Bonchev–Trinajstić information content (AvgIpc) is 2.15. The molecule has 0 bridgehead atoms. The molecule has 14 heavy (non-hydrogen) atoms. The Morgan fingerprint density at radius 3 is 2.64 bits per heavy atom. The lowest BCUT2D eigenvalue weighted by molar-refractivity contribution is -0.131. The fraction of sp³-hybridized carbons (Fsp3) is 0.182. The maximum absolute atomic E-state index is 10.6. The van der Waals surface area contributed by atoms with E-state index in [1.165, 1.54) is 6.92 Å². The Morgan fingerprint density at radius 1 is 1.43 bits per heavy atom. The molecule has 0 saturated heterocycles. The van der Waals surface area contributed by atoms with Crippen LogP contribution in [0.1, 0.15) is 18.1 Å². The third-order valence-electron chi connectivity index (χ3n) is 1.79. The monoisotopic (exact) mass is 204 g/mol. The lowest BCUT2D eigenvalue weighted by Crippen LogP contribution is -2.06. The second kappa shape index (κ2) is 4.76. The van der Waals surface area contributed by atoms with Crippen LogP contribution < -0.4 is 0 Å². The summed E-state index contributed by atoms with van der Waals surface area (Å²) in [5.41, 5.74) is 2.21. The number of carbonyl (C=O) groups excluding carboxylic acids is 1. The van der Waals surface area contributed by atoms with Crippen LogP contribution in [0.25, 0.3) is 5.20 Å². The predicted octanol–water partition coefficient (Wildman–Crippen LogP) is 2.15. The van der Waals surface area contributed by atoms with Crippen molar-refractivity contribution in [3.8, 4) is 0 Å². The first-order valence-corrected chi connectivity index (χ1v) is 5.20. The molecule has 0 atom stereocenters. The summed E-state index contributed by atoms with van der Waals surface area (Å²) in [6.07, 6.45) is 0. The van der Waals surface area contributed by atoms with Crippen LogP contribution in [0.3, 0.4) is 0 Å². The van der Waals surface area contributed by atoms with Gasteiger partial charge in [0.25, 0.3) is 5.97 Å². The zero-order valence-electron chi connectivity index (χ0n) is 8.33. The zero-order chi connectivity index (χ0) is 10.6. The van der Waals surface area contributed by atoms with Gasteiger partial charge in [-0.15, -0.1) is 0 Å². The first-order chi connectivity index (χ1) is 6.61. The minimum atomic E-state index is -0.266. The number of hydrogen-bond acceptors (Lipinski definition) is 2. The van der Waals surface area contributed by atoms with Gasteiger partial charge >= 0.3 is 9.76 Å². The molecule has 0 saturated carbocycles. The summed E-state index contributed by atoms with van der Waals surface area (Å²) in [6, 6.07) is 7.92. The van der Waals surface area contributed by atoms with Gasteiger partial charge in [0.2, 0.25) is 0 Å². The minimum absolute atomic E-state index is 0.0162. The fourth-order valence-corrected chi connectivity index (χ4v) is 1.76. The van der Waals surface area contributed by atoms with E-state index in [4.69, 9.17) is 4.43 Å². The second-order valence-corrected chi connectivity index (χ2v) is 4.00. The lowest BCUT2D eigenvalue weighted by atomic mass is 10.1. The zero-order valence-corrected chi connectivity index (χ0v) is 9.33. The summed E-state index contributed by atoms with van der Waals surface area (Å²) in [5.74, 6) is -0.266. The van der Waals surface area contributed by atoms with Crippen LogP contribution in [0.15, 0.2) is 30.8 Å². The molecule has 0 spiro atoms. The Balaban J connectivity index is 2.70. The van der Waals surface area contributed by atoms with Crippen LogP contribution in [0.4, 0.5) is 0 Å². The third-order valence-corrected chi connectivity index (χ3v) is 2.69. The van der Waals surface area contributed by atoms with Crippen LogP contribution in [-0.2, 0) is 9.22 Å². The van der Waals surface area contributed by atoms with E-state index < -0.39 is 0 Å². The van der Waals surface area contributed by atoms with E-state index in [1.54, 1.807) is 0 Å². The molecule has 2 nitrogen and oxygen atoms in total. The molecule has 0 N–H and O–H groups in total. The molecular formula is C11H12O2Si. The largest absolute Gasteiger partial charge is 0.511 e. The fourth-order valence-electron chi connectivity index (χ4n) is 1.10. The van der Waals surface area contributed by atoms with Gasteiger partial charge in [-0.2, -0.15) is 0 Å². The molecule has 0 unspecified atom stereocenters. The van der Waals surface area contributed by atoms with Crippen molar-refractivity contribution in [2.45, 2.75) is 13.8 Å². The van der Waals surface area contributed by atoms with Crippen LogP contribution in [-0.4, -0.2) is 15.7 Å². The van der Waals surface area contributed by atoms with E-state index in [0.29, 0.717) is 0 Å². The molecule has 0 fully saturated rings. The van der Waals surface area contributed by atoms with Crippen molar-refractivity contribution in [2.75, 3.05) is 0 Å². The van der Waals surface area contributed by atoms with E-state index in [2.05, 4.69) is 6.58 Å². The van der Waals surface area contributed by atoms with Crippen molar-refractivity contribution in [1.82, 2.24) is 0 Å². The number of rotatable bonds is 3. The molecule has 2 radical (unpaired) electrons. The molecule has 3 heteroatoms. The summed E-state index contributed by atoms with van der Waals surface area (Å²) in [7, 11) is 0.0162. The Kier molecular flexibility index (Phi) is 3.65. The number of carbonyl (C=O) groups is 1. The summed E-state index contributed by atoms with van der Waals surface area (Å²) in [6.45, 7) is 7.31. The van der Waals surface area contributed by atoms with Crippen molar-refractivity contribution < 1.29 is 9.22 Å². The molecule has 1 aromatic rings. The van der Waals surface area contributed by atoms with Gasteiger partial charge in [-0.3, -0.25) is 4.79 Å². The highest BCUT2D eigenvalue weighted by Crippen LogP contribution is 2.15. The van der Waals surface area contributed by atoms with Gasteiger partial charge in [-0.05, 0) is 23.2 Å². The summed E-state index contributed by atoms with van der Waals surface area (Å²) < 4.78 is 4.90. The van der Waals surface area contributed by atoms with Gasteiger partial charge in [0.1, 0.15) is 0 Å². The lowest BCUT2D eigenvalue weighted by Gasteiger charge is -2.06. The molecule has 1 rings (SSSR count). The van der Waals surface area contributed by atoms with Gasteiger partial charge in [0.05, 0.1) is 0 Å². The van der Waals surface area contributed by atoms with Crippen molar-refractivity contribution in [1.29, 1.82) is 0 Å². The van der Waals surface area contributed by atoms with Crippen molar-refractivity contribution in [3.63, 3.8) is 0 Å². The first-order valence-electron chi connectivity index (χ1n) is 4.29. The van der Waals surface area contributed by atoms with Gasteiger partial charge in [0.15, 0.2) is 0 Å². The second-order valence-electron chi connectivity index (χ2n) is 2.99. The number of benzene rings is 1. The molecule has 0 amide bonds. The van der Waals surface area contributed by atoms with Gasteiger partial charge in [-0.25, -0.2) is 0 Å². The van der Waals surface area contributed by atoms with Crippen LogP contribution in [0.5, 0.6) is 0 Å². The Labute approximate surface area is 86.5 Å². The predicted molar refractivity (Wildman–Crippen MR) is 57.7 cm³/mol. The van der Waals surface area contributed by atoms with Crippen LogP contribution in [0, 0.1) is 6.92 Å². The Bertz CT molecular complexity index is 358. The maximum atomic E-state index is 10.6. The quantitative estimate of drug-likeness (QED) is 0.705. The summed E-state index contributed by atoms with van der Waals surface area (Å²) in [5, 5.41) is 0.860. The molecule has 72 valence electrons. The summed E-state index contributed by atoms with van der Waals surface area (Å²) in [4.78, 5) is 10.6. The van der Waals surface area contributed by atoms with Gasteiger partial charge in [-0.1, -0.05) is 30.8 Å². The number of hydrogen-bond donors (Lipinski definition) is 0. The van der Waals surface area contributed by atoms with E-state index >= 15 is 0 Å². The molecule has 0 aliphatic carbocycles. The van der Waals surface area contributed by atoms with Crippen molar-refractivity contribution >= 4 is 20.9 Å². The molecule has 0 heterocycles. The Morgan fingerprint density at radius 2 is 2.07 bits per heavy atom. The van der Waals surface area contributed by atoms with E-state index in [9.17, 15) is 4.79 Å². The highest BCUT2D eigenvalue weighted by atomic mass is 28.2. The van der Waals surface area contributed by atoms with Gasteiger partial charge in [0, 0.05) is 6.92 Å². The molecule has 0 aliphatic heterocycles. The average molecular weight is 204 g/mol. The van der Waals surface area contributed by atoms with Crippen LogP contribution in [0.2, 0.25) is 0 Å². The molecule has 1 aromatic carbocycles. The molecular weight excluding hydrogens is 192 g/mol. The topological polar surface area (TPSA) is 26.3 Å². The summed E-state index contributed by atoms with van der Waals surface area (Å²) >= 11 is 0. The minimum Gasteiger partial charge on any atom is -0.511 e. The third kappa shape index (κ3) is 2.85. The highest BCUT2D eigenvalue weighted by molar-refractivity contribution is 6.56. The smallest absolute Gasteiger partial charge is 0.355 e. The SMILES string of the molecule is C=C([Si]OC(C)=O)c1ccccc1C. The highest BCUT2D eigenvalue weighted by Gasteiger charge is 2.06. The number of aryl methyl sites for hydroxylation is 1. The molecule has 0 aliphatic rings. The first kappa shape index (κ1) is 10.7. The normalized spacial score (nSPS) is 9.57. The van der Waals surface area contributed by atoms with Crippen LogP contribution >= 0.6 is 0 Å². The molecule has 0 aromatic heterocycles. The Hall–Kier alpha value is -1.35.